The van der Waals surface area contributed by atoms with Crippen LogP contribution in [0.3, 0.4) is 0 Å². The molecule has 3 nitrogen and oxygen atoms in total. The second kappa shape index (κ2) is 9.01. The molecule has 20 heavy (non-hydrogen) atoms. The summed E-state index contributed by atoms with van der Waals surface area (Å²) in [6.07, 6.45) is 13.2. The van der Waals surface area contributed by atoms with E-state index in [4.69, 9.17) is 4.74 Å². The molecule has 0 amide bonds. The van der Waals surface area contributed by atoms with Crippen molar-refractivity contribution in [2.24, 2.45) is 5.92 Å². The van der Waals surface area contributed by atoms with Crippen LogP contribution in [0, 0.1) is 5.92 Å². The third-order valence-corrected chi connectivity index (χ3v) is 5.11. The van der Waals surface area contributed by atoms with E-state index in [1.807, 2.05) is 0 Å². The van der Waals surface area contributed by atoms with Crippen LogP contribution in [0.25, 0.3) is 0 Å². The molecule has 2 unspecified atom stereocenters. The first-order valence-corrected chi connectivity index (χ1v) is 8.78. The average molecular weight is 283 g/mol. The molecular weight excluding hydrogens is 250 g/mol. The zero-order valence-corrected chi connectivity index (χ0v) is 13.2. The molecule has 2 saturated carbocycles. The molecule has 0 bridgehead atoms. The molecule has 0 radical (unpaired) electrons. The van der Waals surface area contributed by atoms with Gasteiger partial charge in [-0.25, -0.2) is 0 Å². The summed E-state index contributed by atoms with van der Waals surface area (Å²) in [5.41, 5.74) is 0. The molecule has 2 fully saturated rings. The summed E-state index contributed by atoms with van der Waals surface area (Å²) >= 11 is 0. The van der Waals surface area contributed by atoms with E-state index in [9.17, 15) is 5.11 Å². The van der Waals surface area contributed by atoms with Crippen molar-refractivity contribution < 1.29 is 9.84 Å². The van der Waals surface area contributed by atoms with E-state index in [2.05, 4.69) is 12.2 Å². The Hall–Kier alpha value is -0.120. The molecule has 0 aromatic rings. The molecule has 0 aliphatic heterocycles. The number of aliphatic hydroxyl groups is 1. The van der Waals surface area contributed by atoms with Gasteiger partial charge in [0.1, 0.15) is 0 Å². The van der Waals surface area contributed by atoms with Crippen molar-refractivity contribution in [3.63, 3.8) is 0 Å². The van der Waals surface area contributed by atoms with Crippen LogP contribution in [0.4, 0.5) is 0 Å². The quantitative estimate of drug-likeness (QED) is 0.753. The van der Waals surface area contributed by atoms with Crippen LogP contribution in [-0.2, 0) is 4.74 Å². The second-order valence-corrected chi connectivity index (χ2v) is 6.84. The van der Waals surface area contributed by atoms with Crippen LogP contribution in [-0.4, -0.2) is 36.5 Å². The fraction of sp³-hybridized carbons (Fsp3) is 1.00. The van der Waals surface area contributed by atoms with Crippen LogP contribution in [0.5, 0.6) is 0 Å². The molecule has 0 saturated heterocycles. The van der Waals surface area contributed by atoms with Gasteiger partial charge in [0, 0.05) is 12.6 Å². The standard InChI is InChI=1S/C17H33NO2/c1-14(15-8-4-2-5-9-15)18-12-16(19)13-20-17-10-6-3-7-11-17/h14-19H,2-13H2,1H3. The second-order valence-electron chi connectivity index (χ2n) is 6.84. The SMILES string of the molecule is CC(NCC(O)COC1CCCCC1)C1CCCCC1. The Labute approximate surface area is 124 Å². The summed E-state index contributed by atoms with van der Waals surface area (Å²) in [4.78, 5) is 0. The summed E-state index contributed by atoms with van der Waals surface area (Å²) in [6, 6.07) is 0.527. The zero-order chi connectivity index (χ0) is 14.2. The van der Waals surface area contributed by atoms with Crippen molar-refractivity contribution in [2.75, 3.05) is 13.2 Å². The van der Waals surface area contributed by atoms with E-state index in [0.29, 0.717) is 25.3 Å². The number of nitrogens with one attached hydrogen (secondary N) is 1. The van der Waals surface area contributed by atoms with Crippen molar-refractivity contribution in [1.29, 1.82) is 0 Å². The highest BCUT2D eigenvalue weighted by molar-refractivity contribution is 4.77. The Morgan fingerprint density at radius 3 is 2.25 bits per heavy atom. The van der Waals surface area contributed by atoms with E-state index in [1.165, 1.54) is 64.2 Å². The lowest BCUT2D eigenvalue weighted by molar-refractivity contribution is -0.0240. The lowest BCUT2D eigenvalue weighted by atomic mass is 9.84. The fourth-order valence-electron chi connectivity index (χ4n) is 3.66. The van der Waals surface area contributed by atoms with Crippen molar-refractivity contribution in [1.82, 2.24) is 5.32 Å². The van der Waals surface area contributed by atoms with Gasteiger partial charge in [-0.15, -0.1) is 0 Å². The lowest BCUT2D eigenvalue weighted by Crippen LogP contribution is -2.41. The Morgan fingerprint density at radius 2 is 1.60 bits per heavy atom. The van der Waals surface area contributed by atoms with Crippen LogP contribution in [0.15, 0.2) is 0 Å². The minimum absolute atomic E-state index is 0.358. The molecule has 0 aromatic carbocycles. The summed E-state index contributed by atoms with van der Waals surface area (Å²) in [6.45, 7) is 3.43. The number of hydrogen-bond donors (Lipinski definition) is 2. The number of ether oxygens (including phenoxy) is 1. The minimum Gasteiger partial charge on any atom is -0.389 e. The lowest BCUT2D eigenvalue weighted by Gasteiger charge is -2.29. The highest BCUT2D eigenvalue weighted by Gasteiger charge is 2.21. The summed E-state index contributed by atoms with van der Waals surface area (Å²) < 4.78 is 5.83. The number of aliphatic hydroxyl groups excluding tert-OH is 1. The van der Waals surface area contributed by atoms with Gasteiger partial charge in [0.2, 0.25) is 0 Å². The predicted octanol–water partition coefficient (Wildman–Crippen LogP) is 3.26. The van der Waals surface area contributed by atoms with Crippen LogP contribution in [0.1, 0.15) is 71.1 Å². The van der Waals surface area contributed by atoms with Gasteiger partial charge < -0.3 is 15.2 Å². The Morgan fingerprint density at radius 1 is 1.00 bits per heavy atom. The molecule has 2 N–H and O–H groups in total. The molecule has 0 aromatic heterocycles. The predicted molar refractivity (Wildman–Crippen MR) is 82.9 cm³/mol. The molecule has 2 rings (SSSR count). The first-order chi connectivity index (χ1) is 9.75. The molecule has 2 atom stereocenters. The topological polar surface area (TPSA) is 41.5 Å². The third-order valence-electron chi connectivity index (χ3n) is 5.11. The van der Waals surface area contributed by atoms with Crippen LogP contribution < -0.4 is 5.32 Å². The minimum atomic E-state index is -0.358. The van der Waals surface area contributed by atoms with E-state index < -0.39 is 0 Å². The van der Waals surface area contributed by atoms with Gasteiger partial charge in [-0.2, -0.15) is 0 Å². The summed E-state index contributed by atoms with van der Waals surface area (Å²) in [5.74, 6) is 0.801. The van der Waals surface area contributed by atoms with E-state index in [-0.39, 0.29) is 6.10 Å². The van der Waals surface area contributed by atoms with Gasteiger partial charge in [-0.3, -0.25) is 0 Å². The van der Waals surface area contributed by atoms with Crippen molar-refractivity contribution >= 4 is 0 Å². The van der Waals surface area contributed by atoms with Gasteiger partial charge in [0.15, 0.2) is 0 Å². The third kappa shape index (κ3) is 5.71. The zero-order valence-electron chi connectivity index (χ0n) is 13.2. The van der Waals surface area contributed by atoms with E-state index >= 15 is 0 Å². The summed E-state index contributed by atoms with van der Waals surface area (Å²) in [5, 5.41) is 13.5. The van der Waals surface area contributed by atoms with Crippen molar-refractivity contribution in [2.45, 2.75) is 89.4 Å². The average Bonchev–Trinajstić information content (AvgIpc) is 2.52. The Balaban J connectivity index is 1.55. The van der Waals surface area contributed by atoms with Gasteiger partial charge in [-0.05, 0) is 38.5 Å². The van der Waals surface area contributed by atoms with Gasteiger partial charge in [0.25, 0.3) is 0 Å². The molecule has 2 aliphatic rings. The number of hydrogen-bond acceptors (Lipinski definition) is 3. The smallest absolute Gasteiger partial charge is 0.0897 e. The summed E-state index contributed by atoms with van der Waals surface area (Å²) in [7, 11) is 0. The highest BCUT2D eigenvalue weighted by atomic mass is 16.5. The maximum absolute atomic E-state index is 10.0. The number of rotatable bonds is 7. The van der Waals surface area contributed by atoms with Gasteiger partial charge >= 0.3 is 0 Å². The highest BCUT2D eigenvalue weighted by Crippen LogP contribution is 2.26. The molecule has 0 spiro atoms. The van der Waals surface area contributed by atoms with Crippen molar-refractivity contribution in [3.05, 3.63) is 0 Å². The van der Waals surface area contributed by atoms with Crippen LogP contribution in [0.2, 0.25) is 0 Å². The van der Waals surface area contributed by atoms with Gasteiger partial charge in [-0.1, -0.05) is 38.5 Å². The van der Waals surface area contributed by atoms with Crippen LogP contribution >= 0.6 is 0 Å². The monoisotopic (exact) mass is 283 g/mol. The molecule has 118 valence electrons. The Kier molecular flexibility index (Phi) is 7.32. The van der Waals surface area contributed by atoms with Crippen molar-refractivity contribution in [3.8, 4) is 0 Å². The fourth-order valence-corrected chi connectivity index (χ4v) is 3.66. The van der Waals surface area contributed by atoms with E-state index in [0.717, 1.165) is 5.92 Å². The first kappa shape index (κ1) is 16.3. The van der Waals surface area contributed by atoms with E-state index in [1.54, 1.807) is 0 Å². The maximum atomic E-state index is 10.0. The molecule has 3 heteroatoms. The van der Waals surface area contributed by atoms with Gasteiger partial charge in [0.05, 0.1) is 18.8 Å². The molecule has 2 aliphatic carbocycles. The normalized spacial score (nSPS) is 25.5. The largest absolute Gasteiger partial charge is 0.389 e. The Bertz CT molecular complexity index is 247. The first-order valence-electron chi connectivity index (χ1n) is 8.78. The maximum Gasteiger partial charge on any atom is 0.0897 e. The molecular formula is C17H33NO2. The molecule has 0 heterocycles.